The zero-order chi connectivity index (χ0) is 65.8. The highest BCUT2D eigenvalue weighted by Crippen LogP contribution is 2.52. The third kappa shape index (κ3) is 9.05. The summed E-state index contributed by atoms with van der Waals surface area (Å²) in [5.41, 5.74) is 19.8. The minimum Gasteiger partial charge on any atom is -0.309 e. The molecule has 0 spiro atoms. The Morgan fingerprint density at radius 3 is 0.660 bits per heavy atom. The average molecular weight is 1270 g/mol. The van der Waals surface area contributed by atoms with Crippen molar-refractivity contribution in [1.29, 1.82) is 0 Å². The fraction of sp³-hybridized carbons (Fsp3) is 0. The summed E-state index contributed by atoms with van der Waals surface area (Å²) in [5, 5.41) is 25.3. The van der Waals surface area contributed by atoms with Crippen molar-refractivity contribution in [3.05, 3.63) is 376 Å². The van der Waals surface area contributed by atoms with Crippen molar-refractivity contribution in [3.8, 4) is 67.0 Å². The number of fused-ring (bicyclic) bond motifs is 14. The SMILES string of the molecule is c1ccc(-n2c3ccccc3c3ccc(-c4c5ccccc5c(-c5ccc6c7ccccc7n(-c7ccccc7)c6c5)c5ccccc45)cc32)cc1.c1ccc2cc(-c3c4ccccc4c(-c4c5ccccc5c(-c5ccc6ccccc6c5)c5ccccc45)c4ccccc34)ccc2c1. The molecule has 19 aromatic carbocycles. The van der Waals surface area contributed by atoms with Crippen LogP contribution >= 0.6 is 0 Å². The molecular formula is C98H62N2. The molecule has 0 aliphatic carbocycles. The van der Waals surface area contributed by atoms with Gasteiger partial charge in [-0.25, -0.2) is 0 Å². The molecule has 0 N–H and O–H groups in total. The Hall–Kier alpha value is -13.1. The summed E-state index contributed by atoms with van der Waals surface area (Å²) < 4.78 is 4.82. The molecule has 0 saturated carbocycles. The van der Waals surface area contributed by atoms with Crippen LogP contribution in [0.15, 0.2) is 376 Å². The number of para-hydroxylation sites is 4. The van der Waals surface area contributed by atoms with Crippen molar-refractivity contribution in [3.63, 3.8) is 0 Å². The van der Waals surface area contributed by atoms with Gasteiger partial charge in [-0.15, -0.1) is 0 Å². The largest absolute Gasteiger partial charge is 0.309 e. The number of aromatic nitrogens is 2. The van der Waals surface area contributed by atoms with Crippen LogP contribution in [0.1, 0.15) is 0 Å². The molecule has 2 aromatic heterocycles. The van der Waals surface area contributed by atoms with E-state index in [2.05, 4.69) is 385 Å². The fourth-order valence-corrected chi connectivity index (χ4v) is 16.8. The standard InChI is InChI=1S/C50H32N2.C48H30/c1-3-15-35(16-4-1)51-45-25-13-11-19-37(45)39-29-27-33(31-47(39)51)49-41-21-7-9-23-43(41)50(44-24-10-8-22-42(44)49)34-28-30-40-38-20-12-14-26-46(38)52(48(40)32-34)36-17-5-2-6-18-36;1-3-15-33-29-35(27-25-31(33)13-1)45-37-17-5-9-21-41(37)47(42-22-10-6-18-38(42)45)48-43-23-11-7-19-39(43)46(40-20-8-12-24-44(40)48)36-28-26-32-14-2-4-16-34(32)30-36/h1-32H;1-30H. The molecule has 2 nitrogen and oxygen atoms in total. The van der Waals surface area contributed by atoms with E-state index in [0.29, 0.717) is 0 Å². The summed E-state index contributed by atoms with van der Waals surface area (Å²) in [6.07, 6.45) is 0. The molecule has 21 rings (SSSR count). The van der Waals surface area contributed by atoms with E-state index in [1.807, 2.05) is 0 Å². The van der Waals surface area contributed by atoms with Crippen LogP contribution in [-0.4, -0.2) is 9.13 Å². The Morgan fingerprint density at radius 1 is 0.130 bits per heavy atom. The summed E-state index contributed by atoms with van der Waals surface area (Å²) in [5.74, 6) is 0. The molecule has 0 radical (unpaired) electrons. The Balaban J connectivity index is 0.000000135. The lowest BCUT2D eigenvalue weighted by atomic mass is 9.81. The first kappa shape index (κ1) is 57.1. The summed E-state index contributed by atoms with van der Waals surface area (Å²) in [4.78, 5) is 0. The highest BCUT2D eigenvalue weighted by molar-refractivity contribution is 6.31. The van der Waals surface area contributed by atoms with Gasteiger partial charge in [0, 0.05) is 32.9 Å². The first-order valence-corrected chi connectivity index (χ1v) is 34.6. The molecule has 100 heavy (non-hydrogen) atoms. The first-order valence-electron chi connectivity index (χ1n) is 34.6. The summed E-state index contributed by atoms with van der Waals surface area (Å²) in [6, 6.07) is 138. The van der Waals surface area contributed by atoms with E-state index >= 15 is 0 Å². The maximum Gasteiger partial charge on any atom is 0.0547 e. The molecular weight excluding hydrogens is 1210 g/mol. The van der Waals surface area contributed by atoms with Crippen LogP contribution in [0, 0.1) is 0 Å². The highest BCUT2D eigenvalue weighted by atomic mass is 15.0. The Kier molecular flexibility index (Phi) is 13.3. The van der Waals surface area contributed by atoms with Crippen molar-refractivity contribution in [2.45, 2.75) is 0 Å². The van der Waals surface area contributed by atoms with Crippen LogP contribution in [0.25, 0.3) is 197 Å². The molecule has 0 unspecified atom stereocenters. The molecule has 0 saturated heterocycles. The van der Waals surface area contributed by atoms with Gasteiger partial charge in [0.1, 0.15) is 0 Å². The second-order valence-electron chi connectivity index (χ2n) is 26.5. The number of rotatable bonds is 7. The van der Waals surface area contributed by atoms with Gasteiger partial charge >= 0.3 is 0 Å². The molecule has 0 aliphatic heterocycles. The quantitative estimate of drug-likeness (QED) is 0.141. The topological polar surface area (TPSA) is 9.86 Å². The maximum absolute atomic E-state index is 2.41. The van der Waals surface area contributed by atoms with Crippen LogP contribution in [0.3, 0.4) is 0 Å². The lowest BCUT2D eigenvalue weighted by Crippen LogP contribution is -1.95. The van der Waals surface area contributed by atoms with Gasteiger partial charge in [0.15, 0.2) is 0 Å². The maximum atomic E-state index is 2.41. The molecule has 0 amide bonds. The van der Waals surface area contributed by atoms with Gasteiger partial charge < -0.3 is 9.13 Å². The Bertz CT molecular complexity index is 6300. The third-order valence-corrected chi connectivity index (χ3v) is 21.1. The predicted octanol–water partition coefficient (Wildman–Crippen LogP) is 27.1. The number of nitrogens with zero attached hydrogens (tertiary/aromatic N) is 2. The second kappa shape index (κ2) is 23.3. The van der Waals surface area contributed by atoms with Gasteiger partial charge in [-0.2, -0.15) is 0 Å². The fourth-order valence-electron chi connectivity index (χ4n) is 16.8. The summed E-state index contributed by atoms with van der Waals surface area (Å²) in [7, 11) is 0. The van der Waals surface area contributed by atoms with Crippen molar-refractivity contribution in [1.82, 2.24) is 9.13 Å². The summed E-state index contributed by atoms with van der Waals surface area (Å²) >= 11 is 0. The van der Waals surface area contributed by atoms with E-state index in [0.717, 1.165) is 0 Å². The van der Waals surface area contributed by atoms with Crippen molar-refractivity contribution in [2.24, 2.45) is 0 Å². The van der Waals surface area contributed by atoms with Crippen LogP contribution in [0.4, 0.5) is 0 Å². The van der Waals surface area contributed by atoms with Gasteiger partial charge in [-0.3, -0.25) is 0 Å². The highest BCUT2D eigenvalue weighted by Gasteiger charge is 2.25. The molecule has 2 heteroatoms. The molecule has 2 heterocycles. The predicted molar refractivity (Wildman–Crippen MR) is 429 cm³/mol. The van der Waals surface area contributed by atoms with E-state index in [1.54, 1.807) is 0 Å². The molecule has 21 aromatic rings. The molecule has 464 valence electrons. The van der Waals surface area contributed by atoms with Gasteiger partial charge in [-0.05, 0) is 202 Å². The van der Waals surface area contributed by atoms with Crippen molar-refractivity contribution >= 4 is 130 Å². The summed E-state index contributed by atoms with van der Waals surface area (Å²) in [6.45, 7) is 0. The normalized spacial score (nSPS) is 11.8. The number of hydrogen-bond acceptors (Lipinski definition) is 0. The average Bonchev–Trinajstić information content (AvgIpc) is 0.853. The molecule has 0 bridgehead atoms. The monoisotopic (exact) mass is 1270 g/mol. The van der Waals surface area contributed by atoms with Gasteiger partial charge in [0.25, 0.3) is 0 Å². The van der Waals surface area contributed by atoms with Gasteiger partial charge in [0.2, 0.25) is 0 Å². The third-order valence-electron chi connectivity index (χ3n) is 21.1. The molecule has 0 aliphatic rings. The van der Waals surface area contributed by atoms with E-state index in [4.69, 9.17) is 0 Å². The Morgan fingerprint density at radius 2 is 0.350 bits per heavy atom. The van der Waals surface area contributed by atoms with Crippen molar-refractivity contribution < 1.29 is 0 Å². The van der Waals surface area contributed by atoms with Gasteiger partial charge in [0.05, 0.1) is 22.1 Å². The Labute approximate surface area is 578 Å². The number of benzene rings is 19. The number of hydrogen-bond donors (Lipinski definition) is 0. The lowest BCUT2D eigenvalue weighted by molar-refractivity contribution is 1.18. The van der Waals surface area contributed by atoms with Crippen LogP contribution in [-0.2, 0) is 0 Å². The zero-order valence-electron chi connectivity index (χ0n) is 54.7. The van der Waals surface area contributed by atoms with E-state index in [1.165, 1.54) is 197 Å². The second-order valence-corrected chi connectivity index (χ2v) is 26.5. The van der Waals surface area contributed by atoms with E-state index < -0.39 is 0 Å². The van der Waals surface area contributed by atoms with E-state index in [-0.39, 0.29) is 0 Å². The van der Waals surface area contributed by atoms with Crippen LogP contribution in [0.5, 0.6) is 0 Å². The first-order chi connectivity index (χ1) is 49.7. The smallest absolute Gasteiger partial charge is 0.0547 e. The molecule has 0 atom stereocenters. The van der Waals surface area contributed by atoms with Gasteiger partial charge in [-0.1, -0.05) is 315 Å². The minimum absolute atomic E-state index is 1.17. The lowest BCUT2D eigenvalue weighted by Gasteiger charge is -2.22. The zero-order valence-corrected chi connectivity index (χ0v) is 54.7. The van der Waals surface area contributed by atoms with Crippen LogP contribution in [0.2, 0.25) is 0 Å². The van der Waals surface area contributed by atoms with Crippen molar-refractivity contribution in [2.75, 3.05) is 0 Å². The minimum atomic E-state index is 1.17. The molecule has 0 fully saturated rings. The van der Waals surface area contributed by atoms with Crippen LogP contribution < -0.4 is 0 Å². The van der Waals surface area contributed by atoms with E-state index in [9.17, 15) is 0 Å².